The predicted octanol–water partition coefficient (Wildman–Crippen LogP) is 1.60. The molecule has 0 radical (unpaired) electrons. The fraction of sp³-hybridized carbons (Fsp3) is 0.429. The second-order valence-corrected chi connectivity index (χ2v) is 5.98. The fourth-order valence-electron chi connectivity index (χ4n) is 2.68. The fourth-order valence-corrected chi connectivity index (χ4v) is 2.68. The molecule has 0 bridgehead atoms. The average molecular weight is 269 g/mol. The van der Waals surface area contributed by atoms with E-state index in [4.69, 9.17) is 5.26 Å². The van der Waals surface area contributed by atoms with Gasteiger partial charge < -0.3 is 0 Å². The van der Waals surface area contributed by atoms with E-state index in [9.17, 15) is 4.79 Å². The van der Waals surface area contributed by atoms with Gasteiger partial charge in [-0.2, -0.15) is 14.9 Å². The van der Waals surface area contributed by atoms with Gasteiger partial charge in [-0.05, 0) is 27.7 Å². The van der Waals surface area contributed by atoms with E-state index >= 15 is 0 Å². The van der Waals surface area contributed by atoms with Gasteiger partial charge in [0.05, 0.1) is 12.6 Å². The van der Waals surface area contributed by atoms with Gasteiger partial charge in [-0.1, -0.05) is 0 Å². The third-order valence-electron chi connectivity index (χ3n) is 3.51. The summed E-state index contributed by atoms with van der Waals surface area (Å²) in [5.41, 5.74) is 2.26. The zero-order valence-corrected chi connectivity index (χ0v) is 11.9. The van der Waals surface area contributed by atoms with Crippen molar-refractivity contribution < 1.29 is 4.79 Å². The van der Waals surface area contributed by atoms with Crippen molar-refractivity contribution in [2.24, 2.45) is 0 Å². The standard InChI is InChI=1S/C14H15N5O/c1-8-10-5-11(20)18(14(2,3)4)13(10)19-12(17-8)9(6-15)7-16-19/h7H,5H2,1-4H3. The molecule has 0 fully saturated rings. The first-order valence-electron chi connectivity index (χ1n) is 6.45. The van der Waals surface area contributed by atoms with Crippen molar-refractivity contribution in [3.8, 4) is 6.07 Å². The molecule has 3 heterocycles. The van der Waals surface area contributed by atoms with Crippen molar-refractivity contribution >= 4 is 17.4 Å². The van der Waals surface area contributed by atoms with Crippen LogP contribution in [0.15, 0.2) is 6.20 Å². The molecule has 102 valence electrons. The number of hydrogen-bond donors (Lipinski definition) is 0. The zero-order valence-electron chi connectivity index (χ0n) is 11.9. The van der Waals surface area contributed by atoms with Gasteiger partial charge in [-0.25, -0.2) is 4.98 Å². The van der Waals surface area contributed by atoms with Crippen LogP contribution >= 0.6 is 0 Å². The van der Waals surface area contributed by atoms with Crippen molar-refractivity contribution in [1.82, 2.24) is 14.6 Å². The summed E-state index contributed by atoms with van der Waals surface area (Å²) < 4.78 is 1.61. The van der Waals surface area contributed by atoms with E-state index in [-0.39, 0.29) is 11.4 Å². The number of nitriles is 1. The van der Waals surface area contributed by atoms with Crippen molar-refractivity contribution in [3.63, 3.8) is 0 Å². The first kappa shape index (κ1) is 12.6. The number of carbonyl (C=O) groups is 1. The molecule has 1 aliphatic rings. The molecule has 0 atom stereocenters. The Balaban J connectivity index is 2.40. The molecule has 2 aromatic rings. The zero-order chi connectivity index (χ0) is 14.7. The first-order chi connectivity index (χ1) is 9.34. The molecule has 6 heteroatoms. The Bertz CT molecular complexity index is 775. The minimum absolute atomic E-state index is 0.0407. The molecule has 3 rings (SSSR count). The van der Waals surface area contributed by atoms with Gasteiger partial charge in [0.15, 0.2) is 5.65 Å². The summed E-state index contributed by atoms with van der Waals surface area (Å²) in [5.74, 6) is 0.783. The lowest BCUT2D eigenvalue weighted by Gasteiger charge is -2.32. The molecule has 0 aromatic carbocycles. The second-order valence-electron chi connectivity index (χ2n) is 5.98. The predicted molar refractivity (Wildman–Crippen MR) is 73.4 cm³/mol. The molecule has 1 amide bonds. The Hall–Kier alpha value is -2.42. The van der Waals surface area contributed by atoms with Crippen LogP contribution in [0, 0.1) is 18.3 Å². The number of nitrogens with zero attached hydrogens (tertiary/aromatic N) is 5. The van der Waals surface area contributed by atoms with Gasteiger partial charge in [-0.3, -0.25) is 9.69 Å². The first-order valence-corrected chi connectivity index (χ1v) is 6.45. The van der Waals surface area contributed by atoms with Gasteiger partial charge in [0.1, 0.15) is 17.5 Å². The third-order valence-corrected chi connectivity index (χ3v) is 3.51. The molecule has 6 nitrogen and oxygen atoms in total. The maximum atomic E-state index is 12.3. The summed E-state index contributed by atoms with van der Waals surface area (Å²) >= 11 is 0. The summed E-state index contributed by atoms with van der Waals surface area (Å²) in [5, 5.41) is 13.4. The summed E-state index contributed by atoms with van der Waals surface area (Å²) in [6, 6.07) is 2.08. The SMILES string of the molecule is Cc1nc2c(C#N)cnn2c2c1CC(=O)N2C(C)(C)C. The Labute approximate surface area is 116 Å². The number of rotatable bonds is 0. The normalized spacial score (nSPS) is 14.8. The van der Waals surface area contributed by atoms with E-state index < -0.39 is 0 Å². The lowest BCUT2D eigenvalue weighted by molar-refractivity contribution is -0.118. The molecular weight excluding hydrogens is 254 g/mol. The minimum atomic E-state index is -0.345. The minimum Gasteiger partial charge on any atom is -0.291 e. The topological polar surface area (TPSA) is 74.3 Å². The van der Waals surface area contributed by atoms with Crippen molar-refractivity contribution in [3.05, 3.63) is 23.0 Å². The number of fused-ring (bicyclic) bond motifs is 3. The van der Waals surface area contributed by atoms with E-state index in [1.165, 1.54) is 6.20 Å². The monoisotopic (exact) mass is 269 g/mol. The number of carbonyl (C=O) groups excluding carboxylic acids is 1. The highest BCUT2D eigenvalue weighted by Gasteiger charge is 2.39. The number of hydrogen-bond acceptors (Lipinski definition) is 4. The van der Waals surface area contributed by atoms with Gasteiger partial charge in [0, 0.05) is 16.8 Å². The van der Waals surface area contributed by atoms with Crippen LogP contribution in [0.2, 0.25) is 0 Å². The van der Waals surface area contributed by atoms with Gasteiger partial charge in [-0.15, -0.1) is 0 Å². The highest BCUT2D eigenvalue weighted by Crippen LogP contribution is 2.36. The van der Waals surface area contributed by atoms with E-state index in [1.54, 1.807) is 9.42 Å². The second kappa shape index (κ2) is 3.79. The van der Waals surface area contributed by atoms with Gasteiger partial charge in [0.2, 0.25) is 5.91 Å². The molecule has 2 aromatic heterocycles. The van der Waals surface area contributed by atoms with Crippen molar-refractivity contribution in [1.29, 1.82) is 5.26 Å². The smallest absolute Gasteiger partial charge is 0.233 e. The molecule has 0 saturated heterocycles. The summed E-state index contributed by atoms with van der Waals surface area (Å²) in [6.45, 7) is 7.81. The van der Waals surface area contributed by atoms with Crippen LogP contribution in [0.25, 0.3) is 5.65 Å². The van der Waals surface area contributed by atoms with Gasteiger partial charge in [0.25, 0.3) is 0 Å². The number of aryl methyl sites for hydroxylation is 1. The Morgan fingerprint density at radius 3 is 2.70 bits per heavy atom. The maximum Gasteiger partial charge on any atom is 0.233 e. The number of aromatic nitrogens is 3. The molecule has 0 unspecified atom stereocenters. The van der Waals surface area contributed by atoms with Crippen LogP contribution in [0.3, 0.4) is 0 Å². The Morgan fingerprint density at radius 2 is 2.10 bits per heavy atom. The van der Waals surface area contributed by atoms with Crippen molar-refractivity contribution in [2.45, 2.75) is 39.7 Å². The average Bonchev–Trinajstić information content (AvgIpc) is 2.88. The van der Waals surface area contributed by atoms with E-state index in [0.717, 1.165) is 17.1 Å². The molecular formula is C14H15N5O. The summed E-state index contributed by atoms with van der Waals surface area (Å²) in [6.07, 6.45) is 1.83. The van der Waals surface area contributed by atoms with E-state index in [0.29, 0.717) is 17.6 Å². The molecule has 0 aliphatic carbocycles. The Kier molecular flexibility index (Phi) is 2.39. The lowest BCUT2D eigenvalue weighted by atomic mass is 10.1. The van der Waals surface area contributed by atoms with Crippen LogP contribution in [0.1, 0.15) is 37.6 Å². The highest BCUT2D eigenvalue weighted by molar-refractivity contribution is 6.02. The number of amides is 1. The molecule has 20 heavy (non-hydrogen) atoms. The molecule has 1 aliphatic heterocycles. The van der Waals surface area contributed by atoms with E-state index in [1.807, 2.05) is 27.7 Å². The lowest BCUT2D eigenvalue weighted by Crippen LogP contribution is -2.44. The van der Waals surface area contributed by atoms with Gasteiger partial charge >= 0.3 is 0 Å². The molecule has 0 N–H and O–H groups in total. The number of anilines is 1. The maximum absolute atomic E-state index is 12.3. The van der Waals surface area contributed by atoms with Crippen LogP contribution in [-0.2, 0) is 11.2 Å². The third kappa shape index (κ3) is 1.53. The quantitative estimate of drug-likeness (QED) is 0.728. The van der Waals surface area contributed by atoms with Crippen molar-refractivity contribution in [2.75, 3.05) is 4.90 Å². The highest BCUT2D eigenvalue weighted by atomic mass is 16.2. The van der Waals surface area contributed by atoms with Crippen LogP contribution < -0.4 is 4.90 Å². The van der Waals surface area contributed by atoms with Crippen LogP contribution in [-0.4, -0.2) is 26.0 Å². The summed E-state index contributed by atoms with van der Waals surface area (Å²) in [4.78, 5) is 18.5. The van der Waals surface area contributed by atoms with E-state index in [2.05, 4.69) is 16.2 Å². The molecule has 0 saturated carbocycles. The summed E-state index contributed by atoms with van der Waals surface area (Å²) in [7, 11) is 0. The van der Waals surface area contributed by atoms with Crippen LogP contribution in [0.4, 0.5) is 5.82 Å². The largest absolute Gasteiger partial charge is 0.291 e. The Morgan fingerprint density at radius 1 is 1.40 bits per heavy atom. The molecule has 0 spiro atoms. The van der Waals surface area contributed by atoms with Crippen LogP contribution in [0.5, 0.6) is 0 Å².